The average Bonchev–Trinajstić information content (AvgIpc) is 3.90. The summed E-state index contributed by atoms with van der Waals surface area (Å²) < 4.78 is 64.7. The van der Waals surface area contributed by atoms with Gasteiger partial charge in [-0.1, -0.05) is 60.7 Å². The Morgan fingerprint density at radius 2 is 1.00 bits per heavy atom. The minimum atomic E-state index is -4.35. The summed E-state index contributed by atoms with van der Waals surface area (Å²) >= 11 is 3.61. The molecule has 0 amide bonds. The molecule has 0 saturated heterocycles. The molecule has 4 nitrogen and oxygen atoms in total. The minimum absolute atomic E-state index is 0.0906. The van der Waals surface area contributed by atoms with Crippen LogP contribution in [0.5, 0.6) is 11.5 Å². The SMILES string of the molecule is CNC1c2ccsc2CCC1C(Oc1ccc(C(F)(F)F)cc1)c1ccccc1.CNC1c2ccsc2CCC1C(Oc1ccc(F)cc1)c1ccccc1. The largest absolute Gasteiger partial charge is 0.485 e. The number of ether oxygens (including phenoxy) is 2. The normalized spacial score (nSPS) is 20.3. The number of alkyl halides is 3. The van der Waals surface area contributed by atoms with Crippen LogP contribution in [0.25, 0.3) is 0 Å². The lowest BCUT2D eigenvalue weighted by Gasteiger charge is -2.37. The predicted molar refractivity (Wildman–Crippen MR) is 213 cm³/mol. The molecule has 286 valence electrons. The molecule has 0 fully saturated rings. The average molecular weight is 785 g/mol. The van der Waals surface area contributed by atoms with Gasteiger partial charge in [-0.3, -0.25) is 0 Å². The predicted octanol–water partition coefficient (Wildman–Crippen LogP) is 11.9. The van der Waals surface area contributed by atoms with E-state index in [-0.39, 0.29) is 36.0 Å². The van der Waals surface area contributed by atoms with Crippen LogP contribution >= 0.6 is 22.7 Å². The van der Waals surface area contributed by atoms with Gasteiger partial charge in [-0.2, -0.15) is 13.2 Å². The van der Waals surface area contributed by atoms with E-state index >= 15 is 0 Å². The summed E-state index contributed by atoms with van der Waals surface area (Å²) in [5.41, 5.74) is 4.19. The van der Waals surface area contributed by atoms with E-state index < -0.39 is 11.7 Å². The van der Waals surface area contributed by atoms with Crippen molar-refractivity contribution >= 4 is 22.7 Å². The van der Waals surface area contributed by atoms with Crippen LogP contribution in [0.2, 0.25) is 0 Å². The number of fused-ring (bicyclic) bond motifs is 2. The highest BCUT2D eigenvalue weighted by atomic mass is 32.1. The summed E-state index contributed by atoms with van der Waals surface area (Å²) in [7, 11) is 3.97. The van der Waals surface area contributed by atoms with Crippen molar-refractivity contribution in [2.75, 3.05) is 14.1 Å². The molecule has 0 saturated carbocycles. The Morgan fingerprint density at radius 1 is 0.582 bits per heavy atom. The topological polar surface area (TPSA) is 42.5 Å². The number of hydrogen-bond donors (Lipinski definition) is 2. The third kappa shape index (κ3) is 8.99. The standard InChI is InChI=1S/C23H22F3NOS.C22H22FNOS/c1-27-21-18-13-14-29-20(18)12-11-19(21)22(15-5-3-2-4-6-15)28-17-9-7-16(8-10-17)23(24,25)26;1-24-21-18-13-14-26-20(18)12-11-19(21)22(15-5-3-2-4-6-15)25-17-9-7-16(23)8-10-17/h2-10,13-14,19,21-22,27H,11-12H2,1H3;2-10,13-14,19,21-22,24H,11-12H2,1H3. The fourth-order valence-electron chi connectivity index (χ4n) is 8.06. The number of hydrogen-bond acceptors (Lipinski definition) is 6. The van der Waals surface area contributed by atoms with Crippen LogP contribution in [0.1, 0.15) is 74.7 Å². The van der Waals surface area contributed by atoms with Crippen molar-refractivity contribution in [3.8, 4) is 11.5 Å². The Hall–Kier alpha value is -4.48. The van der Waals surface area contributed by atoms with Gasteiger partial charge < -0.3 is 20.1 Å². The highest BCUT2D eigenvalue weighted by molar-refractivity contribution is 7.10. The van der Waals surface area contributed by atoms with Crippen LogP contribution in [-0.4, -0.2) is 14.1 Å². The zero-order valence-corrected chi connectivity index (χ0v) is 32.3. The second-order valence-electron chi connectivity index (χ2n) is 13.9. The Kier molecular flexibility index (Phi) is 12.4. The monoisotopic (exact) mass is 784 g/mol. The van der Waals surface area contributed by atoms with Gasteiger partial charge in [0.25, 0.3) is 0 Å². The van der Waals surface area contributed by atoms with Gasteiger partial charge >= 0.3 is 6.18 Å². The number of nitrogens with one attached hydrogen (secondary N) is 2. The van der Waals surface area contributed by atoms with Gasteiger partial charge in [0.05, 0.1) is 5.56 Å². The third-order valence-electron chi connectivity index (χ3n) is 10.7. The maximum absolute atomic E-state index is 13.3. The zero-order chi connectivity index (χ0) is 38.4. The number of halogens is 4. The molecule has 4 aromatic carbocycles. The summed E-state index contributed by atoms with van der Waals surface area (Å²) in [5, 5.41) is 11.2. The van der Waals surface area contributed by atoms with Crippen LogP contribution in [0.4, 0.5) is 17.6 Å². The lowest BCUT2D eigenvalue weighted by Crippen LogP contribution is -2.35. The van der Waals surface area contributed by atoms with Crippen molar-refractivity contribution in [2.45, 2.75) is 56.2 Å². The summed E-state index contributed by atoms with van der Waals surface area (Å²) in [4.78, 5) is 2.86. The summed E-state index contributed by atoms with van der Waals surface area (Å²) in [6, 6.07) is 36.3. The molecule has 2 aliphatic rings. The van der Waals surface area contributed by atoms with Gasteiger partial charge in [-0.25, -0.2) is 4.39 Å². The first-order valence-electron chi connectivity index (χ1n) is 18.6. The van der Waals surface area contributed by atoms with Crippen LogP contribution in [-0.2, 0) is 19.0 Å². The molecular formula is C45H44F4N2O2S2. The first-order valence-corrected chi connectivity index (χ1v) is 20.3. The number of rotatable bonds is 10. The first kappa shape index (κ1) is 38.8. The molecule has 0 spiro atoms. The van der Waals surface area contributed by atoms with E-state index in [0.29, 0.717) is 17.4 Å². The van der Waals surface area contributed by atoms with Crippen LogP contribution in [0.3, 0.4) is 0 Å². The molecule has 0 bridgehead atoms. The Bertz CT molecular complexity index is 2090. The molecule has 0 aliphatic heterocycles. The van der Waals surface area contributed by atoms with E-state index in [4.69, 9.17) is 9.47 Å². The lowest BCUT2D eigenvalue weighted by molar-refractivity contribution is -0.137. The molecule has 6 atom stereocenters. The second kappa shape index (κ2) is 17.5. The molecular weight excluding hydrogens is 741 g/mol. The smallest absolute Gasteiger partial charge is 0.416 e. The molecule has 6 aromatic rings. The van der Waals surface area contributed by atoms with Crippen molar-refractivity contribution in [1.82, 2.24) is 10.6 Å². The van der Waals surface area contributed by atoms with Gasteiger partial charge in [-0.05, 0) is 133 Å². The van der Waals surface area contributed by atoms with E-state index in [1.54, 1.807) is 23.5 Å². The van der Waals surface area contributed by atoms with Gasteiger partial charge in [0.15, 0.2) is 0 Å². The van der Waals surface area contributed by atoms with E-state index in [2.05, 4.69) is 45.7 Å². The van der Waals surface area contributed by atoms with Crippen LogP contribution in [0.15, 0.2) is 132 Å². The summed E-state index contributed by atoms with van der Waals surface area (Å²) in [5.74, 6) is 1.35. The molecule has 10 heteroatoms. The molecule has 55 heavy (non-hydrogen) atoms. The quantitative estimate of drug-likeness (QED) is 0.136. The van der Waals surface area contributed by atoms with Crippen LogP contribution in [0, 0.1) is 17.7 Å². The summed E-state index contributed by atoms with van der Waals surface area (Å²) in [6.07, 6.45) is -0.654. The molecule has 8 rings (SSSR count). The van der Waals surface area contributed by atoms with E-state index in [0.717, 1.165) is 48.9 Å². The van der Waals surface area contributed by atoms with Gasteiger partial charge in [0.2, 0.25) is 0 Å². The maximum atomic E-state index is 13.3. The van der Waals surface area contributed by atoms with E-state index in [1.807, 2.05) is 74.0 Å². The van der Waals surface area contributed by atoms with Crippen molar-refractivity contribution < 1.29 is 27.0 Å². The van der Waals surface area contributed by atoms with E-state index in [9.17, 15) is 17.6 Å². The van der Waals surface area contributed by atoms with Crippen molar-refractivity contribution in [1.29, 1.82) is 0 Å². The number of thiophene rings is 2. The Balaban J connectivity index is 0.000000170. The van der Waals surface area contributed by atoms with Crippen molar-refractivity contribution in [3.63, 3.8) is 0 Å². The number of aryl methyl sites for hydroxylation is 2. The fourth-order valence-corrected chi connectivity index (χ4v) is 9.95. The van der Waals surface area contributed by atoms with E-state index in [1.165, 1.54) is 45.1 Å². The molecule has 2 aromatic heterocycles. The zero-order valence-electron chi connectivity index (χ0n) is 30.6. The lowest BCUT2D eigenvalue weighted by atomic mass is 9.78. The molecule has 6 unspecified atom stereocenters. The molecule has 0 radical (unpaired) electrons. The second-order valence-corrected chi connectivity index (χ2v) is 15.9. The van der Waals surface area contributed by atoms with Gasteiger partial charge in [0.1, 0.15) is 29.5 Å². The third-order valence-corrected chi connectivity index (χ3v) is 12.7. The van der Waals surface area contributed by atoms with Crippen molar-refractivity contribution in [2.24, 2.45) is 11.8 Å². The van der Waals surface area contributed by atoms with Gasteiger partial charge in [-0.15, -0.1) is 22.7 Å². The minimum Gasteiger partial charge on any atom is -0.485 e. The molecule has 2 heterocycles. The van der Waals surface area contributed by atoms with Gasteiger partial charge in [0, 0.05) is 33.7 Å². The highest BCUT2D eigenvalue weighted by Gasteiger charge is 2.38. The molecule has 2 aliphatic carbocycles. The highest BCUT2D eigenvalue weighted by Crippen LogP contribution is 2.46. The number of benzene rings is 4. The van der Waals surface area contributed by atoms with Crippen LogP contribution < -0.4 is 20.1 Å². The first-order chi connectivity index (χ1) is 26.7. The Morgan fingerprint density at radius 3 is 1.40 bits per heavy atom. The summed E-state index contributed by atoms with van der Waals surface area (Å²) in [6.45, 7) is 0. The molecule has 2 N–H and O–H groups in total. The maximum Gasteiger partial charge on any atom is 0.416 e. The Labute approximate surface area is 328 Å². The fraction of sp³-hybridized carbons (Fsp3) is 0.289. The van der Waals surface area contributed by atoms with Crippen molar-refractivity contribution in [3.05, 3.63) is 175 Å².